The van der Waals surface area contributed by atoms with Gasteiger partial charge in [0.25, 0.3) is 7.82 Å². The van der Waals surface area contributed by atoms with Gasteiger partial charge in [-0.15, -0.1) is 0 Å². The first kappa shape index (κ1) is 68.5. The largest absolute Gasteiger partial charge is 0.756 e. The third-order valence-electron chi connectivity index (χ3n) is 13.5. The number of carbonyl (C=O) groups excluding carboxylic acids is 1. The van der Waals surface area contributed by atoms with Crippen molar-refractivity contribution in [3.05, 3.63) is 48.6 Å². The molecule has 0 aromatic carbocycles. The van der Waals surface area contributed by atoms with E-state index in [2.05, 4.69) is 55.6 Å². The number of unbranched alkanes of at least 4 members (excludes halogenated alkanes) is 36. The van der Waals surface area contributed by atoms with Gasteiger partial charge in [0.1, 0.15) is 13.2 Å². The normalized spacial score (nSPS) is 14.2. The SMILES string of the molecule is CCCCCCC/C=C\C/C=C\CCCCCCCCCCCCCCCCCCCCCCCCCCCC(=O)NC(COP(=O)([O-])OCC[N+](C)(C)C)C(O)/C=C/CC/C=C/CCCCCCC. The highest BCUT2D eigenvalue weighted by molar-refractivity contribution is 7.45. The minimum atomic E-state index is -4.60. The molecule has 0 saturated carbocycles. The molecule has 0 aliphatic carbocycles. The summed E-state index contributed by atoms with van der Waals surface area (Å²) in [5.74, 6) is -0.205. The van der Waals surface area contributed by atoms with E-state index in [0.29, 0.717) is 17.4 Å². The number of nitrogens with one attached hydrogen (secondary N) is 1. The minimum Gasteiger partial charge on any atom is -0.756 e. The maximum absolute atomic E-state index is 12.9. The van der Waals surface area contributed by atoms with E-state index in [-0.39, 0.29) is 12.5 Å². The number of aliphatic hydroxyl groups excluding tert-OH is 1. The van der Waals surface area contributed by atoms with Crippen LogP contribution in [0.3, 0.4) is 0 Å². The molecule has 412 valence electrons. The molecule has 0 fully saturated rings. The topological polar surface area (TPSA) is 108 Å². The Kier molecular flexibility index (Phi) is 51.2. The van der Waals surface area contributed by atoms with E-state index in [1.807, 2.05) is 27.2 Å². The number of carbonyl (C=O) groups is 1. The lowest BCUT2D eigenvalue weighted by Crippen LogP contribution is -2.45. The summed E-state index contributed by atoms with van der Waals surface area (Å²) in [5, 5.41) is 13.8. The van der Waals surface area contributed by atoms with Crippen LogP contribution in [0.5, 0.6) is 0 Å². The van der Waals surface area contributed by atoms with Crippen LogP contribution >= 0.6 is 7.82 Å². The second-order valence-corrected chi connectivity index (χ2v) is 23.1. The van der Waals surface area contributed by atoms with Gasteiger partial charge in [-0.2, -0.15) is 0 Å². The van der Waals surface area contributed by atoms with Crippen molar-refractivity contribution in [3.8, 4) is 0 Å². The highest BCUT2D eigenvalue weighted by Gasteiger charge is 2.23. The molecule has 3 atom stereocenters. The predicted octanol–water partition coefficient (Wildman–Crippen LogP) is 17.7. The van der Waals surface area contributed by atoms with Crippen LogP contribution in [-0.2, 0) is 18.4 Å². The van der Waals surface area contributed by atoms with Gasteiger partial charge in [-0.05, 0) is 64.2 Å². The van der Waals surface area contributed by atoms with Crippen LogP contribution < -0.4 is 10.2 Å². The summed E-state index contributed by atoms with van der Waals surface area (Å²) >= 11 is 0. The molecule has 0 spiro atoms. The third kappa shape index (κ3) is 54.2. The van der Waals surface area contributed by atoms with Gasteiger partial charge in [-0.3, -0.25) is 9.36 Å². The number of phosphoric acid groups is 1. The fraction of sp³-hybridized carbons (Fsp3) is 0.852. The van der Waals surface area contributed by atoms with E-state index in [1.165, 1.54) is 218 Å². The average molecular weight is 1010 g/mol. The fourth-order valence-electron chi connectivity index (χ4n) is 8.79. The summed E-state index contributed by atoms with van der Waals surface area (Å²) in [7, 11) is 1.25. The van der Waals surface area contributed by atoms with E-state index in [1.54, 1.807) is 6.08 Å². The number of rotatable bonds is 55. The number of hydrogen-bond donors (Lipinski definition) is 2. The Hall–Kier alpha value is -1.54. The summed E-state index contributed by atoms with van der Waals surface area (Å²) in [6.07, 6.45) is 69.5. The van der Waals surface area contributed by atoms with Crippen LogP contribution in [-0.4, -0.2) is 68.5 Å². The molecule has 0 aliphatic heterocycles. The van der Waals surface area contributed by atoms with Crippen LogP contribution in [0, 0.1) is 0 Å². The molecule has 0 aromatic rings. The number of likely N-dealkylation sites (N-methyl/N-ethyl adjacent to an activating group) is 1. The molecule has 0 rings (SSSR count). The van der Waals surface area contributed by atoms with Gasteiger partial charge in [-0.1, -0.05) is 262 Å². The first-order valence-electron chi connectivity index (χ1n) is 30.0. The molecule has 0 heterocycles. The van der Waals surface area contributed by atoms with Crippen LogP contribution in [0.15, 0.2) is 48.6 Å². The van der Waals surface area contributed by atoms with Gasteiger partial charge in [0, 0.05) is 6.42 Å². The van der Waals surface area contributed by atoms with Crippen molar-refractivity contribution in [2.75, 3.05) is 40.9 Å². The van der Waals surface area contributed by atoms with Crippen molar-refractivity contribution in [1.29, 1.82) is 0 Å². The highest BCUT2D eigenvalue weighted by atomic mass is 31.2. The average Bonchev–Trinajstić information content (AvgIpc) is 3.32. The number of aliphatic hydroxyl groups is 1. The lowest BCUT2D eigenvalue weighted by atomic mass is 10.0. The van der Waals surface area contributed by atoms with Crippen molar-refractivity contribution in [1.82, 2.24) is 5.32 Å². The number of quaternary nitrogens is 1. The summed E-state index contributed by atoms with van der Waals surface area (Å²) in [6, 6.07) is -0.900. The van der Waals surface area contributed by atoms with Crippen LogP contribution in [0.1, 0.15) is 284 Å². The Labute approximate surface area is 435 Å². The van der Waals surface area contributed by atoms with Gasteiger partial charge in [-0.25, -0.2) is 0 Å². The molecule has 0 bridgehead atoms. The molecule has 2 N–H and O–H groups in total. The maximum Gasteiger partial charge on any atom is 0.268 e. The zero-order chi connectivity index (χ0) is 51.3. The second kappa shape index (κ2) is 52.3. The van der Waals surface area contributed by atoms with Crippen molar-refractivity contribution in [3.63, 3.8) is 0 Å². The summed E-state index contributed by atoms with van der Waals surface area (Å²) in [4.78, 5) is 25.4. The van der Waals surface area contributed by atoms with E-state index in [4.69, 9.17) is 9.05 Å². The number of amides is 1. The Balaban J connectivity index is 3.88. The van der Waals surface area contributed by atoms with Crippen molar-refractivity contribution in [2.45, 2.75) is 296 Å². The Morgan fingerprint density at radius 2 is 0.843 bits per heavy atom. The fourth-order valence-corrected chi connectivity index (χ4v) is 9.51. The van der Waals surface area contributed by atoms with Gasteiger partial charge >= 0.3 is 0 Å². The molecule has 8 nitrogen and oxygen atoms in total. The smallest absolute Gasteiger partial charge is 0.268 e. The Morgan fingerprint density at radius 3 is 1.24 bits per heavy atom. The monoisotopic (exact) mass is 1000 g/mol. The number of hydrogen-bond acceptors (Lipinski definition) is 6. The zero-order valence-electron chi connectivity index (χ0n) is 47.0. The first-order valence-corrected chi connectivity index (χ1v) is 31.5. The van der Waals surface area contributed by atoms with Gasteiger partial charge in [0.2, 0.25) is 5.91 Å². The van der Waals surface area contributed by atoms with E-state index in [0.717, 1.165) is 44.9 Å². The second-order valence-electron chi connectivity index (χ2n) is 21.7. The Bertz CT molecular complexity index is 1280. The van der Waals surface area contributed by atoms with E-state index in [9.17, 15) is 19.4 Å². The summed E-state index contributed by atoms with van der Waals surface area (Å²) in [6.45, 7) is 4.61. The van der Waals surface area contributed by atoms with Crippen LogP contribution in [0.2, 0.25) is 0 Å². The molecule has 0 saturated heterocycles. The van der Waals surface area contributed by atoms with Gasteiger partial charge in [0.05, 0.1) is 39.9 Å². The molecule has 70 heavy (non-hydrogen) atoms. The zero-order valence-corrected chi connectivity index (χ0v) is 47.9. The molecular weight excluding hydrogens is 888 g/mol. The first-order chi connectivity index (χ1) is 34.0. The molecule has 3 unspecified atom stereocenters. The van der Waals surface area contributed by atoms with Crippen molar-refractivity contribution in [2.24, 2.45) is 0 Å². The third-order valence-corrected chi connectivity index (χ3v) is 14.5. The van der Waals surface area contributed by atoms with Gasteiger partial charge < -0.3 is 28.8 Å². The lowest BCUT2D eigenvalue weighted by molar-refractivity contribution is -0.870. The molecule has 0 aromatic heterocycles. The molecule has 0 aliphatic rings. The van der Waals surface area contributed by atoms with E-state index >= 15 is 0 Å². The maximum atomic E-state index is 12.9. The molecular formula is C61H117N2O6P. The quantitative estimate of drug-likeness (QED) is 0.0272. The highest BCUT2D eigenvalue weighted by Crippen LogP contribution is 2.38. The molecule has 1 amide bonds. The number of allylic oxidation sites excluding steroid dienone is 7. The van der Waals surface area contributed by atoms with Crippen molar-refractivity contribution < 1.29 is 32.9 Å². The van der Waals surface area contributed by atoms with Crippen molar-refractivity contribution >= 4 is 13.7 Å². The summed E-state index contributed by atoms with van der Waals surface area (Å²) in [5.41, 5.74) is 0. The van der Waals surface area contributed by atoms with Crippen LogP contribution in [0.4, 0.5) is 0 Å². The predicted molar refractivity (Wildman–Crippen MR) is 302 cm³/mol. The standard InChI is InChI=1S/C61H117N2O6P/c1-6-8-10-12-14-16-18-19-20-21-22-23-24-25-26-27-28-29-30-31-32-33-34-35-36-37-38-39-40-41-42-43-45-47-49-51-53-55-61(65)62-59(58-69-70(66,67)68-57-56-63(3,4)5)60(64)54-52-50-48-46-44-17-15-13-11-9-7-2/h18-19,21-22,44,46,52,54,59-60,64H,6-17,20,23-43,45,47-51,53,55-58H2,1-5H3,(H-,62,65,66,67)/b19-18-,22-21-,46-44+,54-52+. The number of nitrogens with zero attached hydrogens (tertiary/aromatic N) is 1. The minimum absolute atomic E-state index is 0.00557. The molecule has 9 heteroatoms. The Morgan fingerprint density at radius 1 is 0.500 bits per heavy atom. The number of phosphoric ester groups is 1. The molecule has 0 radical (unpaired) electrons. The van der Waals surface area contributed by atoms with E-state index < -0.39 is 26.6 Å². The van der Waals surface area contributed by atoms with Gasteiger partial charge in [0.15, 0.2) is 0 Å². The van der Waals surface area contributed by atoms with Crippen LogP contribution in [0.25, 0.3) is 0 Å². The summed E-state index contributed by atoms with van der Waals surface area (Å²) < 4.78 is 23.2. The lowest BCUT2D eigenvalue weighted by Gasteiger charge is -2.29.